The number of fused-ring (bicyclic) bond motifs is 1. The van der Waals surface area contributed by atoms with E-state index in [0.29, 0.717) is 47.0 Å². The monoisotopic (exact) mass is 409 g/mol. The summed E-state index contributed by atoms with van der Waals surface area (Å²) in [4.78, 5) is 33.8. The fourth-order valence-electron chi connectivity index (χ4n) is 3.55. The van der Waals surface area contributed by atoms with Gasteiger partial charge < -0.3 is 24.7 Å². The fraction of sp³-hybridized carbons (Fsp3) is 0.333. The third-order valence-electron chi connectivity index (χ3n) is 5.26. The minimum absolute atomic E-state index is 0.00822. The normalized spacial score (nSPS) is 15.8. The summed E-state index contributed by atoms with van der Waals surface area (Å²) in [6, 6.07) is 7.26. The van der Waals surface area contributed by atoms with Crippen LogP contribution in [0.2, 0.25) is 0 Å². The number of hydrogen-bond acceptors (Lipinski definition) is 7. The molecule has 1 amide bonds. The Hall–Kier alpha value is -3.62. The maximum atomic E-state index is 12.8. The van der Waals surface area contributed by atoms with E-state index in [-0.39, 0.29) is 17.4 Å². The molecule has 1 fully saturated rings. The highest BCUT2D eigenvalue weighted by Crippen LogP contribution is 2.33. The first kappa shape index (κ1) is 19.7. The third-order valence-corrected chi connectivity index (χ3v) is 5.26. The standard InChI is InChI=1S/C21H23N5O4/c1-26-11-24-15-9-14(12-4-5-16(29-2)17(8-12)30-3)25-19(18(15)21(26)28)23-10-13-6-7-22-20(13)27/h4-5,8-9,11,13H,6-7,10H2,1-3H3,(H,22,27)(H,23,25). The Labute approximate surface area is 173 Å². The smallest absolute Gasteiger partial charge is 0.264 e. The van der Waals surface area contributed by atoms with Crippen molar-refractivity contribution in [1.82, 2.24) is 19.9 Å². The van der Waals surface area contributed by atoms with Crippen molar-refractivity contribution in [2.45, 2.75) is 6.42 Å². The van der Waals surface area contributed by atoms with Crippen molar-refractivity contribution in [3.8, 4) is 22.8 Å². The van der Waals surface area contributed by atoms with Gasteiger partial charge in [0.1, 0.15) is 11.2 Å². The molecule has 3 aromatic rings. The molecule has 0 saturated carbocycles. The minimum Gasteiger partial charge on any atom is -0.493 e. The Bertz CT molecular complexity index is 1170. The average molecular weight is 409 g/mol. The van der Waals surface area contributed by atoms with Crippen LogP contribution in [0.3, 0.4) is 0 Å². The first-order valence-corrected chi connectivity index (χ1v) is 9.62. The van der Waals surface area contributed by atoms with Gasteiger partial charge >= 0.3 is 0 Å². The quantitative estimate of drug-likeness (QED) is 0.636. The van der Waals surface area contributed by atoms with E-state index in [9.17, 15) is 9.59 Å². The highest BCUT2D eigenvalue weighted by atomic mass is 16.5. The summed E-state index contributed by atoms with van der Waals surface area (Å²) in [5.74, 6) is 1.44. The van der Waals surface area contributed by atoms with E-state index in [4.69, 9.17) is 14.5 Å². The van der Waals surface area contributed by atoms with E-state index < -0.39 is 0 Å². The summed E-state index contributed by atoms with van der Waals surface area (Å²) in [5, 5.41) is 6.42. The van der Waals surface area contributed by atoms with Gasteiger partial charge in [0.2, 0.25) is 5.91 Å². The third kappa shape index (κ3) is 3.54. The second-order valence-electron chi connectivity index (χ2n) is 7.14. The van der Waals surface area contributed by atoms with Crippen LogP contribution < -0.4 is 25.7 Å². The molecule has 9 nitrogen and oxygen atoms in total. The second kappa shape index (κ2) is 8.02. The molecule has 0 bridgehead atoms. The Morgan fingerprint density at radius 3 is 2.70 bits per heavy atom. The highest BCUT2D eigenvalue weighted by molar-refractivity contribution is 5.91. The molecule has 156 valence electrons. The number of anilines is 1. The van der Waals surface area contributed by atoms with Crippen molar-refractivity contribution in [3.63, 3.8) is 0 Å². The van der Waals surface area contributed by atoms with Crippen molar-refractivity contribution in [1.29, 1.82) is 0 Å². The summed E-state index contributed by atoms with van der Waals surface area (Å²) in [6.07, 6.45) is 2.23. The van der Waals surface area contributed by atoms with E-state index in [1.807, 2.05) is 12.1 Å². The minimum atomic E-state index is -0.204. The molecule has 0 spiro atoms. The van der Waals surface area contributed by atoms with Gasteiger partial charge in [-0.1, -0.05) is 0 Å². The lowest BCUT2D eigenvalue weighted by atomic mass is 10.1. The Morgan fingerprint density at radius 1 is 1.20 bits per heavy atom. The van der Waals surface area contributed by atoms with Crippen LogP contribution in [0.1, 0.15) is 6.42 Å². The van der Waals surface area contributed by atoms with Crippen LogP contribution in [0.5, 0.6) is 11.5 Å². The van der Waals surface area contributed by atoms with Crippen LogP contribution in [0.15, 0.2) is 35.4 Å². The fourth-order valence-corrected chi connectivity index (χ4v) is 3.55. The van der Waals surface area contributed by atoms with Gasteiger partial charge in [-0.3, -0.25) is 9.59 Å². The van der Waals surface area contributed by atoms with Gasteiger partial charge in [0.25, 0.3) is 5.56 Å². The summed E-state index contributed by atoms with van der Waals surface area (Å²) in [7, 11) is 4.79. The molecule has 1 aliphatic heterocycles. The molecular formula is C21H23N5O4. The molecule has 1 aliphatic rings. The van der Waals surface area contributed by atoms with E-state index in [2.05, 4.69) is 15.6 Å². The van der Waals surface area contributed by atoms with Gasteiger partial charge in [0.05, 0.1) is 37.7 Å². The molecule has 9 heteroatoms. The molecule has 4 rings (SSSR count). The van der Waals surface area contributed by atoms with Crippen LogP contribution in [-0.4, -0.2) is 47.8 Å². The zero-order valence-electron chi connectivity index (χ0n) is 17.1. The SMILES string of the molecule is COc1ccc(-c2cc3ncn(C)c(=O)c3c(NCC3CCNC3=O)n2)cc1OC. The number of carbonyl (C=O) groups is 1. The summed E-state index contributed by atoms with van der Waals surface area (Å²) < 4.78 is 12.1. The molecule has 0 radical (unpaired) electrons. The Morgan fingerprint density at radius 2 is 2.00 bits per heavy atom. The number of aromatic nitrogens is 3. The van der Waals surface area contributed by atoms with Crippen LogP contribution in [-0.2, 0) is 11.8 Å². The number of nitrogens with one attached hydrogen (secondary N) is 2. The number of hydrogen-bond donors (Lipinski definition) is 2. The summed E-state index contributed by atoms with van der Waals surface area (Å²) in [6.45, 7) is 1.05. The maximum absolute atomic E-state index is 12.8. The zero-order chi connectivity index (χ0) is 21.3. The predicted molar refractivity (Wildman–Crippen MR) is 113 cm³/mol. The predicted octanol–water partition coefficient (Wildman–Crippen LogP) is 1.56. The molecule has 2 N–H and O–H groups in total. The summed E-state index contributed by atoms with van der Waals surface area (Å²) in [5.41, 5.74) is 1.74. The number of amides is 1. The number of pyridine rings is 1. The number of benzene rings is 1. The van der Waals surface area contributed by atoms with Gasteiger partial charge in [-0.05, 0) is 30.7 Å². The first-order chi connectivity index (χ1) is 14.5. The Balaban J connectivity index is 1.81. The van der Waals surface area contributed by atoms with Crippen molar-refractivity contribution in [3.05, 3.63) is 40.9 Å². The number of ether oxygens (including phenoxy) is 2. The van der Waals surface area contributed by atoms with Crippen LogP contribution in [0, 0.1) is 5.92 Å². The van der Waals surface area contributed by atoms with Gasteiger partial charge in [-0.25, -0.2) is 9.97 Å². The lowest BCUT2D eigenvalue weighted by molar-refractivity contribution is -0.122. The average Bonchev–Trinajstić information content (AvgIpc) is 3.18. The van der Waals surface area contributed by atoms with Crippen LogP contribution in [0.4, 0.5) is 5.82 Å². The van der Waals surface area contributed by atoms with E-state index >= 15 is 0 Å². The lowest BCUT2D eigenvalue weighted by Gasteiger charge is -2.14. The Kier molecular flexibility index (Phi) is 5.26. The number of carbonyl (C=O) groups excluding carboxylic acids is 1. The molecule has 1 atom stereocenters. The van der Waals surface area contributed by atoms with Crippen LogP contribution >= 0.6 is 0 Å². The van der Waals surface area contributed by atoms with Crippen molar-refractivity contribution in [2.24, 2.45) is 13.0 Å². The molecule has 0 aliphatic carbocycles. The molecule has 1 saturated heterocycles. The van der Waals surface area contributed by atoms with Crippen molar-refractivity contribution < 1.29 is 14.3 Å². The maximum Gasteiger partial charge on any atom is 0.264 e. The molecule has 2 aromatic heterocycles. The number of nitrogens with zero attached hydrogens (tertiary/aromatic N) is 3. The first-order valence-electron chi connectivity index (χ1n) is 9.62. The topological polar surface area (TPSA) is 107 Å². The van der Waals surface area contributed by atoms with E-state index in [0.717, 1.165) is 12.0 Å². The van der Waals surface area contributed by atoms with Gasteiger partial charge in [-0.15, -0.1) is 0 Å². The summed E-state index contributed by atoms with van der Waals surface area (Å²) >= 11 is 0. The van der Waals surface area contributed by atoms with E-state index in [1.54, 1.807) is 33.4 Å². The molecule has 1 unspecified atom stereocenters. The number of rotatable bonds is 6. The van der Waals surface area contributed by atoms with Crippen LogP contribution in [0.25, 0.3) is 22.2 Å². The van der Waals surface area contributed by atoms with Gasteiger partial charge in [-0.2, -0.15) is 0 Å². The molecule has 3 heterocycles. The highest BCUT2D eigenvalue weighted by Gasteiger charge is 2.24. The van der Waals surface area contributed by atoms with Gasteiger partial charge in [0, 0.05) is 25.7 Å². The zero-order valence-corrected chi connectivity index (χ0v) is 17.1. The number of aryl methyl sites for hydroxylation is 1. The molecule has 1 aromatic carbocycles. The van der Waals surface area contributed by atoms with Crippen molar-refractivity contribution in [2.75, 3.05) is 32.6 Å². The van der Waals surface area contributed by atoms with E-state index in [1.165, 1.54) is 10.9 Å². The second-order valence-corrected chi connectivity index (χ2v) is 7.14. The molecular weight excluding hydrogens is 386 g/mol. The van der Waals surface area contributed by atoms with Crippen molar-refractivity contribution >= 4 is 22.6 Å². The van der Waals surface area contributed by atoms with Gasteiger partial charge in [0.15, 0.2) is 11.5 Å². The number of methoxy groups -OCH3 is 2. The molecule has 30 heavy (non-hydrogen) atoms. The largest absolute Gasteiger partial charge is 0.493 e. The lowest BCUT2D eigenvalue weighted by Crippen LogP contribution is -2.25.